The van der Waals surface area contributed by atoms with Gasteiger partial charge in [-0.05, 0) is 12.8 Å². The predicted molar refractivity (Wildman–Crippen MR) is 54.1 cm³/mol. The van der Waals surface area contributed by atoms with Gasteiger partial charge >= 0.3 is 0 Å². The van der Waals surface area contributed by atoms with E-state index in [1.807, 2.05) is 0 Å². The van der Waals surface area contributed by atoms with E-state index in [-0.39, 0.29) is 12.4 Å². The SMILES string of the molecule is CCCCCC[C@@H]1OC[C@H](CCl)O1. The van der Waals surface area contributed by atoms with Crippen LogP contribution in [0.1, 0.15) is 39.0 Å². The van der Waals surface area contributed by atoms with E-state index in [9.17, 15) is 0 Å². The van der Waals surface area contributed by atoms with E-state index in [0.29, 0.717) is 12.5 Å². The Kier molecular flexibility index (Phi) is 5.76. The van der Waals surface area contributed by atoms with Gasteiger partial charge in [-0.15, -0.1) is 11.6 Å². The first kappa shape index (κ1) is 11.3. The molecular weight excluding hydrogens is 188 g/mol. The van der Waals surface area contributed by atoms with Crippen molar-refractivity contribution in [1.29, 1.82) is 0 Å². The Labute approximate surface area is 85.5 Å². The van der Waals surface area contributed by atoms with Crippen LogP contribution in [-0.2, 0) is 9.47 Å². The van der Waals surface area contributed by atoms with Gasteiger partial charge in [0, 0.05) is 0 Å². The van der Waals surface area contributed by atoms with Crippen molar-refractivity contribution in [3.63, 3.8) is 0 Å². The second-order valence-corrected chi connectivity index (χ2v) is 3.83. The molecule has 0 aromatic rings. The standard InChI is InChI=1S/C10H19ClO2/c1-2-3-4-5-6-10-12-8-9(7-11)13-10/h9-10H,2-8H2,1H3/t9-,10+/m0/s1. The summed E-state index contributed by atoms with van der Waals surface area (Å²) in [6.45, 7) is 2.88. The van der Waals surface area contributed by atoms with Gasteiger partial charge in [-0.1, -0.05) is 26.2 Å². The van der Waals surface area contributed by atoms with Crippen molar-refractivity contribution < 1.29 is 9.47 Å². The number of hydrogen-bond donors (Lipinski definition) is 0. The van der Waals surface area contributed by atoms with Crippen LogP contribution in [0.4, 0.5) is 0 Å². The van der Waals surface area contributed by atoms with Crippen LogP contribution in [0.3, 0.4) is 0 Å². The van der Waals surface area contributed by atoms with E-state index in [2.05, 4.69) is 6.92 Å². The lowest BCUT2D eigenvalue weighted by Gasteiger charge is -2.09. The van der Waals surface area contributed by atoms with Gasteiger partial charge in [0.15, 0.2) is 6.29 Å². The Morgan fingerprint density at radius 1 is 1.31 bits per heavy atom. The van der Waals surface area contributed by atoms with Crippen molar-refractivity contribution in [3.05, 3.63) is 0 Å². The van der Waals surface area contributed by atoms with E-state index in [4.69, 9.17) is 21.1 Å². The molecule has 3 heteroatoms. The minimum absolute atomic E-state index is 0.0145. The van der Waals surface area contributed by atoms with Gasteiger partial charge in [-0.2, -0.15) is 0 Å². The summed E-state index contributed by atoms with van der Waals surface area (Å²) < 4.78 is 11.0. The maximum Gasteiger partial charge on any atom is 0.158 e. The third-order valence-electron chi connectivity index (χ3n) is 2.28. The summed E-state index contributed by atoms with van der Waals surface area (Å²) in [7, 11) is 0. The van der Waals surface area contributed by atoms with Crippen molar-refractivity contribution in [2.75, 3.05) is 12.5 Å². The van der Waals surface area contributed by atoms with Crippen molar-refractivity contribution in [2.24, 2.45) is 0 Å². The van der Waals surface area contributed by atoms with Crippen LogP contribution in [0.25, 0.3) is 0 Å². The number of rotatable bonds is 6. The Bertz CT molecular complexity index is 130. The minimum Gasteiger partial charge on any atom is -0.350 e. The second kappa shape index (κ2) is 6.63. The molecule has 2 atom stereocenters. The number of hydrogen-bond acceptors (Lipinski definition) is 2. The van der Waals surface area contributed by atoms with Crippen molar-refractivity contribution in [3.8, 4) is 0 Å². The molecule has 1 rings (SSSR count). The molecule has 2 nitrogen and oxygen atoms in total. The molecule has 0 aliphatic carbocycles. The first-order valence-electron chi connectivity index (χ1n) is 5.19. The average Bonchev–Trinajstić information content (AvgIpc) is 2.60. The van der Waals surface area contributed by atoms with Crippen molar-refractivity contribution in [2.45, 2.75) is 51.4 Å². The number of unbranched alkanes of at least 4 members (excludes halogenated alkanes) is 3. The number of halogens is 1. The van der Waals surface area contributed by atoms with E-state index in [1.165, 1.54) is 25.7 Å². The third kappa shape index (κ3) is 4.30. The quantitative estimate of drug-likeness (QED) is 0.492. The fourth-order valence-corrected chi connectivity index (χ4v) is 1.64. The number of alkyl halides is 1. The van der Waals surface area contributed by atoms with Crippen LogP contribution >= 0.6 is 11.6 Å². The highest BCUT2D eigenvalue weighted by atomic mass is 35.5. The van der Waals surface area contributed by atoms with E-state index in [0.717, 1.165) is 6.42 Å². The lowest BCUT2D eigenvalue weighted by atomic mass is 10.1. The zero-order valence-electron chi connectivity index (χ0n) is 8.30. The third-order valence-corrected chi connectivity index (χ3v) is 2.62. The second-order valence-electron chi connectivity index (χ2n) is 3.52. The highest BCUT2D eigenvalue weighted by Gasteiger charge is 2.24. The van der Waals surface area contributed by atoms with Crippen LogP contribution in [0.5, 0.6) is 0 Å². The van der Waals surface area contributed by atoms with Gasteiger partial charge in [0.1, 0.15) is 0 Å². The smallest absolute Gasteiger partial charge is 0.158 e. The molecule has 78 valence electrons. The monoisotopic (exact) mass is 206 g/mol. The summed E-state index contributed by atoms with van der Waals surface area (Å²) in [5.74, 6) is 0.547. The highest BCUT2D eigenvalue weighted by Crippen LogP contribution is 2.18. The van der Waals surface area contributed by atoms with Crippen LogP contribution in [0.2, 0.25) is 0 Å². The molecule has 1 heterocycles. The van der Waals surface area contributed by atoms with Gasteiger partial charge < -0.3 is 9.47 Å². The molecule has 0 saturated carbocycles. The summed E-state index contributed by atoms with van der Waals surface area (Å²) >= 11 is 5.65. The zero-order valence-corrected chi connectivity index (χ0v) is 9.05. The molecule has 0 radical (unpaired) electrons. The minimum atomic E-state index is 0.0145. The molecule has 0 N–H and O–H groups in total. The first-order valence-corrected chi connectivity index (χ1v) is 5.73. The summed E-state index contributed by atoms with van der Waals surface area (Å²) in [4.78, 5) is 0. The average molecular weight is 207 g/mol. The zero-order chi connectivity index (χ0) is 9.52. The Hall–Kier alpha value is 0.210. The maximum atomic E-state index is 5.65. The fraction of sp³-hybridized carbons (Fsp3) is 1.00. The maximum absolute atomic E-state index is 5.65. The van der Waals surface area contributed by atoms with E-state index in [1.54, 1.807) is 0 Å². The molecule has 0 bridgehead atoms. The molecule has 1 saturated heterocycles. The van der Waals surface area contributed by atoms with Crippen LogP contribution in [0, 0.1) is 0 Å². The van der Waals surface area contributed by atoms with Gasteiger partial charge in [0.05, 0.1) is 18.6 Å². The normalized spacial score (nSPS) is 28.2. The predicted octanol–water partition coefficient (Wildman–Crippen LogP) is 2.94. The largest absolute Gasteiger partial charge is 0.350 e. The molecule has 1 aliphatic heterocycles. The summed E-state index contributed by atoms with van der Waals surface area (Å²) in [6, 6.07) is 0. The van der Waals surface area contributed by atoms with Crippen LogP contribution in [0.15, 0.2) is 0 Å². The van der Waals surface area contributed by atoms with Gasteiger partial charge in [-0.25, -0.2) is 0 Å². The van der Waals surface area contributed by atoms with Gasteiger partial charge in [0.2, 0.25) is 0 Å². The van der Waals surface area contributed by atoms with Crippen LogP contribution < -0.4 is 0 Å². The Balaban J connectivity index is 1.97. The number of ether oxygens (including phenoxy) is 2. The van der Waals surface area contributed by atoms with Crippen molar-refractivity contribution in [1.82, 2.24) is 0 Å². The van der Waals surface area contributed by atoms with Crippen LogP contribution in [-0.4, -0.2) is 24.9 Å². The Morgan fingerprint density at radius 2 is 2.15 bits per heavy atom. The topological polar surface area (TPSA) is 18.5 Å². The lowest BCUT2D eigenvalue weighted by Crippen LogP contribution is -2.13. The molecule has 0 aromatic carbocycles. The highest BCUT2D eigenvalue weighted by molar-refractivity contribution is 6.18. The first-order chi connectivity index (χ1) is 6.36. The molecular formula is C10H19ClO2. The molecule has 0 spiro atoms. The van der Waals surface area contributed by atoms with Gasteiger partial charge in [-0.3, -0.25) is 0 Å². The fourth-order valence-electron chi connectivity index (χ4n) is 1.48. The summed E-state index contributed by atoms with van der Waals surface area (Å²) in [6.07, 6.45) is 6.23. The van der Waals surface area contributed by atoms with Gasteiger partial charge in [0.25, 0.3) is 0 Å². The molecule has 1 aliphatic rings. The molecule has 13 heavy (non-hydrogen) atoms. The molecule has 0 aromatic heterocycles. The molecule has 1 fully saturated rings. The Morgan fingerprint density at radius 3 is 2.77 bits per heavy atom. The van der Waals surface area contributed by atoms with E-state index >= 15 is 0 Å². The van der Waals surface area contributed by atoms with E-state index < -0.39 is 0 Å². The molecule has 0 amide bonds. The summed E-state index contributed by atoms with van der Waals surface area (Å²) in [5.41, 5.74) is 0. The lowest BCUT2D eigenvalue weighted by molar-refractivity contribution is -0.0599. The van der Waals surface area contributed by atoms with Crippen molar-refractivity contribution >= 4 is 11.6 Å². The summed E-state index contributed by atoms with van der Waals surface area (Å²) in [5, 5.41) is 0. The molecule has 0 unspecified atom stereocenters.